The molecule has 100 valence electrons. The highest BCUT2D eigenvalue weighted by molar-refractivity contribution is 5.80. The predicted octanol–water partition coefficient (Wildman–Crippen LogP) is 1.79. The van der Waals surface area contributed by atoms with Crippen molar-refractivity contribution in [2.45, 2.75) is 32.1 Å². The standard InChI is InChI=1S/C15H24N2O/c16-6-3-11-4-7-17(8-5-11)15(18)14-10-12-1-2-13(14)9-12/h1-2,11-14H,3-10,16H2. The maximum atomic E-state index is 12.5. The quantitative estimate of drug-likeness (QED) is 0.774. The Kier molecular flexibility index (Phi) is 3.42. The van der Waals surface area contributed by atoms with E-state index < -0.39 is 0 Å². The van der Waals surface area contributed by atoms with Crippen molar-refractivity contribution in [2.75, 3.05) is 19.6 Å². The molecule has 1 heterocycles. The summed E-state index contributed by atoms with van der Waals surface area (Å²) in [5.74, 6) is 2.71. The highest BCUT2D eigenvalue weighted by Gasteiger charge is 2.41. The zero-order chi connectivity index (χ0) is 12.5. The van der Waals surface area contributed by atoms with E-state index in [-0.39, 0.29) is 0 Å². The second-order valence-electron chi connectivity index (χ2n) is 6.23. The lowest BCUT2D eigenvalue weighted by molar-refractivity contribution is -0.137. The van der Waals surface area contributed by atoms with E-state index in [0.29, 0.717) is 23.7 Å². The fourth-order valence-electron chi connectivity index (χ4n) is 3.98. The predicted molar refractivity (Wildman–Crippen MR) is 71.8 cm³/mol. The Labute approximate surface area is 109 Å². The molecule has 0 aromatic rings. The number of fused-ring (bicyclic) bond motifs is 2. The number of nitrogens with zero attached hydrogens (tertiary/aromatic N) is 1. The number of allylic oxidation sites excluding steroid dienone is 2. The molecule has 2 fully saturated rings. The number of amides is 1. The van der Waals surface area contributed by atoms with Gasteiger partial charge in [-0.05, 0) is 56.4 Å². The van der Waals surface area contributed by atoms with Crippen LogP contribution in [0.4, 0.5) is 0 Å². The van der Waals surface area contributed by atoms with E-state index in [1.807, 2.05) is 0 Å². The van der Waals surface area contributed by atoms with E-state index in [9.17, 15) is 4.79 Å². The summed E-state index contributed by atoms with van der Waals surface area (Å²) >= 11 is 0. The first-order chi connectivity index (χ1) is 8.78. The average Bonchev–Trinajstić information content (AvgIpc) is 3.01. The van der Waals surface area contributed by atoms with Crippen molar-refractivity contribution in [3.63, 3.8) is 0 Å². The molecule has 0 aromatic carbocycles. The van der Waals surface area contributed by atoms with Crippen molar-refractivity contribution in [3.8, 4) is 0 Å². The minimum Gasteiger partial charge on any atom is -0.342 e. The third kappa shape index (κ3) is 2.20. The molecule has 3 aliphatic rings. The van der Waals surface area contributed by atoms with Crippen molar-refractivity contribution >= 4 is 5.91 Å². The molecule has 0 radical (unpaired) electrons. The first-order valence-electron chi connectivity index (χ1n) is 7.45. The minimum absolute atomic E-state index is 0.297. The third-order valence-corrected chi connectivity index (χ3v) is 5.10. The molecule has 3 unspecified atom stereocenters. The Balaban J connectivity index is 1.54. The SMILES string of the molecule is NCCC1CCN(C(=O)C2CC3C=CC2C3)CC1. The van der Waals surface area contributed by atoms with Crippen molar-refractivity contribution < 1.29 is 4.79 Å². The zero-order valence-corrected chi connectivity index (χ0v) is 11.1. The van der Waals surface area contributed by atoms with E-state index in [1.54, 1.807) is 0 Å². The number of carbonyl (C=O) groups excluding carboxylic acids is 1. The molecule has 1 saturated heterocycles. The van der Waals surface area contributed by atoms with Crippen LogP contribution in [-0.2, 0) is 4.79 Å². The van der Waals surface area contributed by atoms with Crippen LogP contribution >= 0.6 is 0 Å². The summed E-state index contributed by atoms with van der Waals surface area (Å²) < 4.78 is 0. The van der Waals surface area contributed by atoms with E-state index >= 15 is 0 Å². The number of carbonyl (C=O) groups is 1. The molecule has 0 aromatic heterocycles. The second-order valence-corrected chi connectivity index (χ2v) is 6.23. The van der Waals surface area contributed by atoms with Crippen LogP contribution in [0.15, 0.2) is 12.2 Å². The summed E-state index contributed by atoms with van der Waals surface area (Å²) in [5, 5.41) is 0. The highest BCUT2D eigenvalue weighted by atomic mass is 16.2. The van der Waals surface area contributed by atoms with Crippen LogP contribution in [0.5, 0.6) is 0 Å². The van der Waals surface area contributed by atoms with E-state index in [1.165, 1.54) is 6.42 Å². The van der Waals surface area contributed by atoms with Gasteiger partial charge in [0.1, 0.15) is 0 Å². The molecule has 3 nitrogen and oxygen atoms in total. The van der Waals surface area contributed by atoms with Gasteiger partial charge in [-0.2, -0.15) is 0 Å². The van der Waals surface area contributed by atoms with Gasteiger partial charge in [0.25, 0.3) is 0 Å². The minimum atomic E-state index is 0.297. The normalized spacial score (nSPS) is 35.4. The van der Waals surface area contributed by atoms with Crippen LogP contribution in [0.1, 0.15) is 32.1 Å². The summed E-state index contributed by atoms with van der Waals surface area (Å²) in [4.78, 5) is 14.6. The molecule has 3 heteroatoms. The number of hydrogen-bond donors (Lipinski definition) is 1. The molecule has 0 spiro atoms. The van der Waals surface area contributed by atoms with Crippen LogP contribution in [0.25, 0.3) is 0 Å². The number of hydrogen-bond acceptors (Lipinski definition) is 2. The Morgan fingerprint density at radius 3 is 2.56 bits per heavy atom. The maximum Gasteiger partial charge on any atom is 0.226 e. The largest absolute Gasteiger partial charge is 0.342 e. The fraction of sp³-hybridized carbons (Fsp3) is 0.800. The number of piperidine rings is 1. The lowest BCUT2D eigenvalue weighted by Crippen LogP contribution is -2.43. The maximum absolute atomic E-state index is 12.5. The topological polar surface area (TPSA) is 46.3 Å². The van der Waals surface area contributed by atoms with Gasteiger partial charge in [-0.1, -0.05) is 12.2 Å². The Morgan fingerprint density at radius 2 is 2.00 bits per heavy atom. The van der Waals surface area contributed by atoms with Crippen LogP contribution in [-0.4, -0.2) is 30.4 Å². The smallest absolute Gasteiger partial charge is 0.226 e. The summed E-state index contributed by atoms with van der Waals surface area (Å²) in [6, 6.07) is 0. The number of rotatable bonds is 3. The molecule has 1 amide bonds. The van der Waals surface area contributed by atoms with E-state index in [2.05, 4.69) is 17.1 Å². The third-order valence-electron chi connectivity index (χ3n) is 5.10. The van der Waals surface area contributed by atoms with Crippen molar-refractivity contribution in [3.05, 3.63) is 12.2 Å². The summed E-state index contributed by atoms with van der Waals surface area (Å²) in [5.41, 5.74) is 5.61. The molecule has 1 aliphatic heterocycles. The molecule has 3 atom stereocenters. The van der Waals surface area contributed by atoms with Crippen LogP contribution in [0.3, 0.4) is 0 Å². The highest BCUT2D eigenvalue weighted by Crippen LogP contribution is 2.44. The monoisotopic (exact) mass is 248 g/mol. The van der Waals surface area contributed by atoms with Gasteiger partial charge in [-0.3, -0.25) is 4.79 Å². The van der Waals surface area contributed by atoms with Gasteiger partial charge in [0.15, 0.2) is 0 Å². The van der Waals surface area contributed by atoms with Gasteiger partial charge < -0.3 is 10.6 Å². The second kappa shape index (κ2) is 5.04. The van der Waals surface area contributed by atoms with Gasteiger partial charge in [-0.25, -0.2) is 0 Å². The molecule has 18 heavy (non-hydrogen) atoms. The average molecular weight is 248 g/mol. The molecular weight excluding hydrogens is 224 g/mol. The zero-order valence-electron chi connectivity index (χ0n) is 11.1. The molecule has 2 aliphatic carbocycles. The van der Waals surface area contributed by atoms with Crippen LogP contribution in [0, 0.1) is 23.7 Å². The number of nitrogens with two attached hydrogens (primary N) is 1. The van der Waals surface area contributed by atoms with Crippen LogP contribution in [0.2, 0.25) is 0 Å². The Morgan fingerprint density at radius 1 is 1.22 bits per heavy atom. The molecule has 3 rings (SSSR count). The Bertz CT molecular complexity index is 344. The first-order valence-corrected chi connectivity index (χ1v) is 7.45. The van der Waals surface area contributed by atoms with Gasteiger partial charge in [0, 0.05) is 19.0 Å². The van der Waals surface area contributed by atoms with Gasteiger partial charge in [0.2, 0.25) is 5.91 Å². The van der Waals surface area contributed by atoms with E-state index in [4.69, 9.17) is 5.73 Å². The lowest BCUT2D eigenvalue weighted by Gasteiger charge is -2.34. The van der Waals surface area contributed by atoms with Crippen molar-refractivity contribution in [2.24, 2.45) is 29.4 Å². The molecular formula is C15H24N2O. The molecule has 2 N–H and O–H groups in total. The van der Waals surface area contributed by atoms with Crippen molar-refractivity contribution in [1.29, 1.82) is 0 Å². The lowest BCUT2D eigenvalue weighted by atomic mass is 9.89. The number of likely N-dealkylation sites (tertiary alicyclic amines) is 1. The van der Waals surface area contributed by atoms with E-state index in [0.717, 1.165) is 51.2 Å². The van der Waals surface area contributed by atoms with Crippen molar-refractivity contribution in [1.82, 2.24) is 4.90 Å². The fourth-order valence-corrected chi connectivity index (χ4v) is 3.98. The molecule has 1 saturated carbocycles. The van der Waals surface area contributed by atoms with Gasteiger partial charge in [-0.15, -0.1) is 0 Å². The molecule has 2 bridgehead atoms. The summed E-state index contributed by atoms with van der Waals surface area (Å²) in [6.45, 7) is 2.71. The Hall–Kier alpha value is -0.830. The van der Waals surface area contributed by atoms with Gasteiger partial charge in [0.05, 0.1) is 0 Å². The van der Waals surface area contributed by atoms with Crippen LogP contribution < -0.4 is 5.73 Å². The summed E-state index contributed by atoms with van der Waals surface area (Å²) in [7, 11) is 0. The summed E-state index contributed by atoms with van der Waals surface area (Å²) in [6.07, 6.45) is 10.3. The van der Waals surface area contributed by atoms with Gasteiger partial charge >= 0.3 is 0 Å². The first kappa shape index (κ1) is 12.2.